The summed E-state index contributed by atoms with van der Waals surface area (Å²) in [6.07, 6.45) is 9.02. The number of aryl methyl sites for hydroxylation is 2. The van der Waals surface area contributed by atoms with Crippen molar-refractivity contribution in [1.82, 2.24) is 5.32 Å². The second-order valence-corrected chi connectivity index (χ2v) is 5.87. The fraction of sp³-hybridized carbons (Fsp3) is 0.667. The number of benzene rings is 1. The second-order valence-electron chi connectivity index (χ2n) is 5.87. The first-order chi connectivity index (χ1) is 9.60. The minimum Gasteiger partial charge on any atom is -0.313 e. The zero-order chi connectivity index (χ0) is 15.0. The molecule has 0 heterocycles. The van der Waals surface area contributed by atoms with Gasteiger partial charge in [-0.3, -0.25) is 0 Å². The molecular formula is C18H30FN. The minimum atomic E-state index is -0.0665. The summed E-state index contributed by atoms with van der Waals surface area (Å²) in [5.74, 6) is -0.0665. The highest BCUT2D eigenvalue weighted by atomic mass is 19.1. The van der Waals surface area contributed by atoms with Gasteiger partial charge in [-0.15, -0.1) is 0 Å². The third-order valence-electron chi connectivity index (χ3n) is 4.06. The summed E-state index contributed by atoms with van der Waals surface area (Å²) in [4.78, 5) is 0. The lowest BCUT2D eigenvalue weighted by Crippen LogP contribution is -2.17. The molecule has 0 spiro atoms. The van der Waals surface area contributed by atoms with E-state index in [-0.39, 0.29) is 5.82 Å². The molecule has 0 bridgehead atoms. The summed E-state index contributed by atoms with van der Waals surface area (Å²) in [6, 6.07) is 4.32. The molecule has 0 saturated heterocycles. The van der Waals surface area contributed by atoms with Gasteiger partial charge < -0.3 is 5.32 Å². The maximum Gasteiger partial charge on any atom is 0.129 e. The highest BCUT2D eigenvalue weighted by molar-refractivity contribution is 5.32. The first-order valence-corrected chi connectivity index (χ1v) is 8.04. The van der Waals surface area contributed by atoms with Gasteiger partial charge >= 0.3 is 0 Å². The van der Waals surface area contributed by atoms with E-state index >= 15 is 0 Å². The molecule has 1 rings (SSSR count). The SMILES string of the molecule is CCCCCCCCC(NC)c1cc(C)c(F)c(C)c1. The first-order valence-electron chi connectivity index (χ1n) is 8.04. The van der Waals surface area contributed by atoms with Crippen LogP contribution in [0.5, 0.6) is 0 Å². The molecule has 2 heteroatoms. The van der Waals surface area contributed by atoms with Gasteiger partial charge in [-0.1, -0.05) is 57.6 Å². The van der Waals surface area contributed by atoms with Crippen LogP contribution in [0.3, 0.4) is 0 Å². The molecule has 0 aliphatic heterocycles. The summed E-state index contributed by atoms with van der Waals surface area (Å²) in [5.41, 5.74) is 2.73. The van der Waals surface area contributed by atoms with E-state index in [1.165, 1.54) is 44.1 Å². The van der Waals surface area contributed by atoms with E-state index in [9.17, 15) is 4.39 Å². The Kier molecular flexibility index (Phi) is 7.83. The lowest BCUT2D eigenvalue weighted by Gasteiger charge is -2.18. The van der Waals surface area contributed by atoms with Crippen molar-refractivity contribution in [3.8, 4) is 0 Å². The molecule has 0 saturated carbocycles. The van der Waals surface area contributed by atoms with Crippen LogP contribution in [0.2, 0.25) is 0 Å². The van der Waals surface area contributed by atoms with Crippen LogP contribution < -0.4 is 5.32 Å². The maximum absolute atomic E-state index is 13.7. The fourth-order valence-electron chi connectivity index (χ4n) is 2.79. The van der Waals surface area contributed by atoms with Crippen LogP contribution in [0.15, 0.2) is 12.1 Å². The smallest absolute Gasteiger partial charge is 0.129 e. The Hall–Kier alpha value is -0.890. The number of nitrogens with one attached hydrogen (secondary N) is 1. The summed E-state index contributed by atoms with van der Waals surface area (Å²) in [5, 5.41) is 3.37. The van der Waals surface area contributed by atoms with Crippen molar-refractivity contribution in [2.75, 3.05) is 7.05 Å². The monoisotopic (exact) mass is 279 g/mol. The van der Waals surface area contributed by atoms with Gasteiger partial charge in [0.25, 0.3) is 0 Å². The van der Waals surface area contributed by atoms with Crippen LogP contribution in [-0.2, 0) is 0 Å². The Morgan fingerprint density at radius 3 is 2.10 bits per heavy atom. The van der Waals surface area contributed by atoms with Crippen molar-refractivity contribution < 1.29 is 4.39 Å². The van der Waals surface area contributed by atoms with Crippen LogP contribution in [0, 0.1) is 19.7 Å². The highest BCUT2D eigenvalue weighted by Gasteiger charge is 2.12. The Balaban J connectivity index is 2.50. The van der Waals surface area contributed by atoms with Crippen molar-refractivity contribution in [3.63, 3.8) is 0 Å². The first kappa shape index (κ1) is 17.2. The Bertz CT molecular complexity index is 377. The molecule has 0 fully saturated rings. The number of rotatable bonds is 9. The van der Waals surface area contributed by atoms with Gasteiger partial charge in [0.15, 0.2) is 0 Å². The molecule has 20 heavy (non-hydrogen) atoms. The lowest BCUT2D eigenvalue weighted by molar-refractivity contribution is 0.496. The van der Waals surface area contributed by atoms with Crippen LogP contribution in [0.4, 0.5) is 4.39 Å². The number of halogens is 1. The van der Waals surface area contributed by atoms with Gasteiger partial charge in [0.05, 0.1) is 0 Å². The van der Waals surface area contributed by atoms with Gasteiger partial charge in [0.1, 0.15) is 5.82 Å². The number of hydrogen-bond acceptors (Lipinski definition) is 1. The van der Waals surface area contributed by atoms with Gasteiger partial charge in [-0.25, -0.2) is 4.39 Å². The third kappa shape index (κ3) is 5.24. The lowest BCUT2D eigenvalue weighted by atomic mass is 9.96. The molecule has 1 nitrogen and oxygen atoms in total. The molecule has 1 N–H and O–H groups in total. The van der Waals surface area contributed by atoms with Crippen LogP contribution >= 0.6 is 0 Å². The third-order valence-corrected chi connectivity index (χ3v) is 4.06. The minimum absolute atomic E-state index is 0.0665. The fourth-order valence-corrected chi connectivity index (χ4v) is 2.79. The predicted octanol–water partition coefficient (Wildman–Crippen LogP) is 5.45. The number of unbranched alkanes of at least 4 members (excludes halogenated alkanes) is 5. The van der Waals surface area contributed by atoms with Crippen molar-refractivity contribution in [1.29, 1.82) is 0 Å². The van der Waals surface area contributed by atoms with Crippen LogP contribution in [0.25, 0.3) is 0 Å². The molecule has 114 valence electrons. The van der Waals surface area contributed by atoms with Crippen molar-refractivity contribution in [2.45, 2.75) is 71.8 Å². The van der Waals surface area contributed by atoms with Crippen molar-refractivity contribution >= 4 is 0 Å². The summed E-state index contributed by atoms with van der Waals surface area (Å²) in [7, 11) is 2.00. The van der Waals surface area contributed by atoms with Gasteiger partial charge in [0, 0.05) is 6.04 Å². The topological polar surface area (TPSA) is 12.0 Å². The van der Waals surface area contributed by atoms with E-state index in [1.807, 2.05) is 33.0 Å². The molecule has 0 amide bonds. The number of hydrogen-bond donors (Lipinski definition) is 1. The maximum atomic E-state index is 13.7. The Morgan fingerprint density at radius 1 is 1.00 bits per heavy atom. The zero-order valence-corrected chi connectivity index (χ0v) is 13.6. The molecule has 0 radical (unpaired) electrons. The van der Waals surface area contributed by atoms with Gasteiger partial charge in [0.2, 0.25) is 0 Å². The summed E-state index contributed by atoms with van der Waals surface area (Å²) in [6.45, 7) is 5.95. The molecule has 0 aromatic heterocycles. The van der Waals surface area contributed by atoms with E-state index in [0.29, 0.717) is 6.04 Å². The van der Waals surface area contributed by atoms with Crippen LogP contribution in [-0.4, -0.2) is 7.05 Å². The second kappa shape index (κ2) is 9.12. The van der Waals surface area contributed by atoms with E-state index < -0.39 is 0 Å². The van der Waals surface area contributed by atoms with E-state index in [4.69, 9.17) is 0 Å². The molecular weight excluding hydrogens is 249 g/mol. The highest BCUT2D eigenvalue weighted by Crippen LogP contribution is 2.24. The normalized spacial score (nSPS) is 12.7. The molecule has 1 unspecified atom stereocenters. The molecule has 0 aliphatic rings. The predicted molar refractivity (Wildman–Crippen MR) is 85.7 cm³/mol. The largest absolute Gasteiger partial charge is 0.313 e. The Labute approximate surface area is 124 Å². The van der Waals surface area contributed by atoms with Crippen LogP contribution in [0.1, 0.15) is 74.6 Å². The van der Waals surface area contributed by atoms with Gasteiger partial charge in [-0.05, 0) is 44.0 Å². The molecule has 1 atom stereocenters. The zero-order valence-electron chi connectivity index (χ0n) is 13.6. The van der Waals surface area contributed by atoms with E-state index in [0.717, 1.165) is 17.5 Å². The van der Waals surface area contributed by atoms with Gasteiger partial charge in [-0.2, -0.15) is 0 Å². The standard InChI is InChI=1S/C18H30FN/c1-5-6-7-8-9-10-11-17(20-4)16-12-14(2)18(19)15(3)13-16/h12-13,17,20H,5-11H2,1-4H3. The van der Waals surface area contributed by atoms with Crippen molar-refractivity contribution in [2.24, 2.45) is 0 Å². The molecule has 0 aliphatic carbocycles. The average molecular weight is 279 g/mol. The van der Waals surface area contributed by atoms with E-state index in [2.05, 4.69) is 12.2 Å². The van der Waals surface area contributed by atoms with Crippen molar-refractivity contribution in [3.05, 3.63) is 34.6 Å². The molecule has 1 aromatic carbocycles. The summed E-state index contributed by atoms with van der Waals surface area (Å²) < 4.78 is 13.7. The quantitative estimate of drug-likeness (QED) is 0.592. The molecule has 1 aromatic rings. The summed E-state index contributed by atoms with van der Waals surface area (Å²) >= 11 is 0. The average Bonchev–Trinajstić information content (AvgIpc) is 2.43. The Morgan fingerprint density at radius 2 is 1.55 bits per heavy atom. The van der Waals surface area contributed by atoms with E-state index in [1.54, 1.807) is 0 Å².